The topological polar surface area (TPSA) is 67.2 Å². The van der Waals surface area contributed by atoms with E-state index in [1.165, 1.54) is 28.8 Å². The van der Waals surface area contributed by atoms with Gasteiger partial charge in [-0.2, -0.15) is 10.2 Å². The number of aromatic nitrogens is 4. The van der Waals surface area contributed by atoms with Gasteiger partial charge in [-0.3, -0.25) is 9.69 Å². The van der Waals surface area contributed by atoms with Crippen LogP contribution in [0.25, 0.3) is 0 Å². The van der Waals surface area contributed by atoms with Crippen LogP contribution in [-0.2, 0) is 26.4 Å². The van der Waals surface area contributed by atoms with Crippen LogP contribution in [0.2, 0.25) is 0 Å². The molecule has 7 nitrogen and oxygen atoms in total. The Hall–Kier alpha value is -2.28. The van der Waals surface area contributed by atoms with Gasteiger partial charge in [0.15, 0.2) is 5.82 Å². The first kappa shape index (κ1) is 16.2. The minimum absolute atomic E-state index is 0.0767. The van der Waals surface area contributed by atoms with Crippen LogP contribution in [0.5, 0.6) is 0 Å². The van der Waals surface area contributed by atoms with Gasteiger partial charge in [-0.15, -0.1) is 5.10 Å². The van der Waals surface area contributed by atoms with E-state index in [9.17, 15) is 4.79 Å². The van der Waals surface area contributed by atoms with Crippen molar-refractivity contribution in [3.05, 3.63) is 45.5 Å². The molecule has 0 bridgehead atoms. The van der Waals surface area contributed by atoms with Gasteiger partial charge >= 0.3 is 0 Å². The number of likely N-dealkylation sites (N-methyl/N-ethyl adjacent to an activating group) is 1. The van der Waals surface area contributed by atoms with Crippen molar-refractivity contribution >= 4 is 5.82 Å². The maximum absolute atomic E-state index is 11.4. The summed E-state index contributed by atoms with van der Waals surface area (Å²) in [6.07, 6.45) is 4.70. The van der Waals surface area contributed by atoms with Gasteiger partial charge in [0.1, 0.15) is 0 Å². The number of aryl methyl sites for hydroxylation is 3. The lowest BCUT2D eigenvalue weighted by atomic mass is 9.96. The highest BCUT2D eigenvalue weighted by atomic mass is 16.1. The Morgan fingerprint density at radius 2 is 2.00 bits per heavy atom. The van der Waals surface area contributed by atoms with E-state index in [0.717, 1.165) is 44.0 Å². The summed E-state index contributed by atoms with van der Waals surface area (Å²) in [4.78, 5) is 16.0. The lowest BCUT2D eigenvalue weighted by molar-refractivity contribution is 0.193. The van der Waals surface area contributed by atoms with Crippen molar-refractivity contribution in [2.45, 2.75) is 38.3 Å². The molecule has 4 rings (SSSR count). The van der Waals surface area contributed by atoms with Crippen LogP contribution in [0.4, 0.5) is 5.82 Å². The van der Waals surface area contributed by atoms with Crippen molar-refractivity contribution < 1.29 is 0 Å². The van der Waals surface area contributed by atoms with Gasteiger partial charge in [-0.25, -0.2) is 4.68 Å². The Kier molecular flexibility index (Phi) is 4.25. The van der Waals surface area contributed by atoms with Crippen LogP contribution in [0.3, 0.4) is 0 Å². The van der Waals surface area contributed by atoms with Crippen LogP contribution >= 0.6 is 0 Å². The molecular weight excluding hydrogens is 316 g/mol. The van der Waals surface area contributed by atoms with Crippen molar-refractivity contribution in [2.75, 3.05) is 25.0 Å². The van der Waals surface area contributed by atoms with Crippen molar-refractivity contribution in [2.24, 2.45) is 7.05 Å². The van der Waals surface area contributed by atoms with Gasteiger partial charge in [0, 0.05) is 38.8 Å². The molecule has 0 saturated carbocycles. The lowest BCUT2D eigenvalue weighted by Gasteiger charge is -2.44. The highest BCUT2D eigenvalue weighted by Crippen LogP contribution is 2.26. The Morgan fingerprint density at radius 1 is 1.20 bits per heavy atom. The molecular formula is C18H24N6O. The molecule has 0 N–H and O–H groups in total. The zero-order chi connectivity index (χ0) is 17.4. The molecule has 0 radical (unpaired) electrons. The van der Waals surface area contributed by atoms with Gasteiger partial charge < -0.3 is 4.90 Å². The standard InChI is InChI=1S/C18H24N6O/c1-22(10-14-7-8-18(25)23(2)21-14)15-11-24(12-15)17-9-13-5-3-4-6-16(13)19-20-17/h7-9,15H,3-6,10-12H2,1-2H3. The third-order valence-corrected chi connectivity index (χ3v) is 5.29. The predicted octanol–water partition coefficient (Wildman–Crippen LogP) is 0.770. The molecule has 25 heavy (non-hydrogen) atoms. The summed E-state index contributed by atoms with van der Waals surface area (Å²) in [5.74, 6) is 1.01. The fourth-order valence-corrected chi connectivity index (χ4v) is 3.57. The SMILES string of the molecule is CN(Cc1ccc(=O)n(C)n1)C1CN(c2cc3c(nn2)CCCC3)C1. The second-order valence-corrected chi connectivity index (χ2v) is 7.14. The highest BCUT2D eigenvalue weighted by molar-refractivity contribution is 5.45. The van der Waals surface area contributed by atoms with Crippen molar-refractivity contribution in [3.63, 3.8) is 0 Å². The van der Waals surface area contributed by atoms with E-state index in [2.05, 4.69) is 38.2 Å². The fraction of sp³-hybridized carbons (Fsp3) is 0.556. The summed E-state index contributed by atoms with van der Waals surface area (Å²) in [6.45, 7) is 2.65. The Morgan fingerprint density at radius 3 is 2.80 bits per heavy atom. The van der Waals surface area contributed by atoms with Crippen LogP contribution < -0.4 is 10.5 Å². The van der Waals surface area contributed by atoms with E-state index in [0.29, 0.717) is 6.04 Å². The van der Waals surface area contributed by atoms with E-state index in [4.69, 9.17) is 0 Å². The lowest BCUT2D eigenvalue weighted by Crippen LogP contribution is -2.58. The first-order valence-electron chi connectivity index (χ1n) is 8.94. The molecule has 0 unspecified atom stereocenters. The monoisotopic (exact) mass is 340 g/mol. The summed E-state index contributed by atoms with van der Waals surface area (Å²) >= 11 is 0. The number of hydrogen-bond donors (Lipinski definition) is 0. The Bertz CT molecular complexity index is 827. The van der Waals surface area contributed by atoms with Crippen LogP contribution in [-0.4, -0.2) is 51.1 Å². The van der Waals surface area contributed by atoms with Crippen LogP contribution in [0, 0.1) is 0 Å². The molecule has 2 aromatic rings. The van der Waals surface area contributed by atoms with Crippen LogP contribution in [0.1, 0.15) is 29.8 Å². The third kappa shape index (κ3) is 3.28. The smallest absolute Gasteiger partial charge is 0.266 e. The molecule has 3 heterocycles. The average Bonchev–Trinajstić information content (AvgIpc) is 2.57. The molecule has 0 amide bonds. The molecule has 0 atom stereocenters. The quantitative estimate of drug-likeness (QED) is 0.819. The Labute approximate surface area is 147 Å². The Balaban J connectivity index is 1.36. The second-order valence-electron chi connectivity index (χ2n) is 7.14. The van der Waals surface area contributed by atoms with Crippen molar-refractivity contribution in [3.8, 4) is 0 Å². The predicted molar refractivity (Wildman–Crippen MR) is 95.6 cm³/mol. The van der Waals surface area contributed by atoms with Gasteiger partial charge in [0.05, 0.1) is 11.4 Å². The third-order valence-electron chi connectivity index (χ3n) is 5.29. The highest BCUT2D eigenvalue weighted by Gasteiger charge is 2.31. The average molecular weight is 340 g/mol. The van der Waals surface area contributed by atoms with E-state index in [1.807, 2.05) is 6.07 Å². The minimum Gasteiger partial charge on any atom is -0.352 e. The zero-order valence-corrected chi connectivity index (χ0v) is 14.9. The molecule has 1 aliphatic heterocycles. The number of anilines is 1. The summed E-state index contributed by atoms with van der Waals surface area (Å²) < 4.78 is 1.39. The number of rotatable bonds is 4. The van der Waals surface area contributed by atoms with E-state index in [1.54, 1.807) is 13.1 Å². The molecule has 132 valence electrons. The molecule has 7 heteroatoms. The number of fused-ring (bicyclic) bond motifs is 1. The van der Waals surface area contributed by atoms with E-state index in [-0.39, 0.29) is 5.56 Å². The van der Waals surface area contributed by atoms with Crippen LogP contribution in [0.15, 0.2) is 23.0 Å². The minimum atomic E-state index is -0.0767. The van der Waals surface area contributed by atoms with Gasteiger partial charge in [0.2, 0.25) is 0 Å². The molecule has 1 aliphatic carbocycles. The largest absolute Gasteiger partial charge is 0.352 e. The first-order chi connectivity index (χ1) is 12.1. The van der Waals surface area contributed by atoms with Gasteiger partial charge in [-0.05, 0) is 50.4 Å². The van der Waals surface area contributed by atoms with Gasteiger partial charge in [0.25, 0.3) is 5.56 Å². The number of nitrogens with zero attached hydrogens (tertiary/aromatic N) is 6. The molecule has 1 fully saturated rings. The number of hydrogen-bond acceptors (Lipinski definition) is 6. The summed E-state index contributed by atoms with van der Waals surface area (Å²) in [5.41, 5.74) is 3.40. The van der Waals surface area contributed by atoms with E-state index < -0.39 is 0 Å². The fourth-order valence-electron chi connectivity index (χ4n) is 3.57. The molecule has 2 aromatic heterocycles. The van der Waals surface area contributed by atoms with Crippen molar-refractivity contribution in [1.82, 2.24) is 24.9 Å². The normalized spacial score (nSPS) is 17.5. The molecule has 2 aliphatic rings. The van der Waals surface area contributed by atoms with E-state index >= 15 is 0 Å². The van der Waals surface area contributed by atoms with Gasteiger partial charge in [-0.1, -0.05) is 0 Å². The van der Waals surface area contributed by atoms with Crippen molar-refractivity contribution in [1.29, 1.82) is 0 Å². The zero-order valence-electron chi connectivity index (χ0n) is 14.9. The summed E-state index contributed by atoms with van der Waals surface area (Å²) in [7, 11) is 3.79. The molecule has 0 aromatic carbocycles. The maximum atomic E-state index is 11.4. The summed E-state index contributed by atoms with van der Waals surface area (Å²) in [6, 6.07) is 6.08. The molecule has 0 spiro atoms. The summed E-state index contributed by atoms with van der Waals surface area (Å²) in [5, 5.41) is 13.2. The first-order valence-corrected chi connectivity index (χ1v) is 8.94. The second kappa shape index (κ2) is 6.55. The molecule has 1 saturated heterocycles. The maximum Gasteiger partial charge on any atom is 0.266 e.